The first-order valence-electron chi connectivity index (χ1n) is 10.3. The van der Waals surface area contributed by atoms with Crippen LogP contribution in [0.3, 0.4) is 0 Å². The molecule has 0 bridgehead atoms. The number of hydrogen-bond acceptors (Lipinski definition) is 3. The quantitative estimate of drug-likeness (QED) is 0.465. The number of nitrogens with zero attached hydrogens (tertiary/aromatic N) is 4. The van der Waals surface area contributed by atoms with Gasteiger partial charge in [0.2, 0.25) is 0 Å². The standard InChI is InChI=1S/C26H23ClN4/c1-19-16-30(17-21-3-11-24(29-2)12-4-21)18-26(22-7-9-23(27)10-8-22)31(19)25-13-5-20(15-28)6-14-25/h3-14,19,26H,16-18H2,1H3/t19-,26?/m1/s1. The number of halogens is 1. The fourth-order valence-electron chi connectivity index (χ4n) is 4.33. The third-order valence-corrected chi connectivity index (χ3v) is 6.04. The predicted octanol–water partition coefficient (Wildman–Crippen LogP) is 6.21. The SMILES string of the molecule is [C-]#[N+]c1ccc(CN2CC(c3ccc(Cl)cc3)N(c3ccc(C#N)cc3)[C@H](C)C2)cc1. The lowest BCUT2D eigenvalue weighted by Crippen LogP contribution is -2.53. The minimum atomic E-state index is 0.163. The summed E-state index contributed by atoms with van der Waals surface area (Å²) < 4.78 is 0. The Morgan fingerprint density at radius 2 is 1.68 bits per heavy atom. The highest BCUT2D eigenvalue weighted by Crippen LogP contribution is 2.35. The molecule has 5 heteroatoms. The maximum absolute atomic E-state index is 9.16. The van der Waals surface area contributed by atoms with E-state index in [1.807, 2.05) is 60.7 Å². The lowest BCUT2D eigenvalue weighted by Gasteiger charge is -2.47. The molecule has 1 fully saturated rings. The van der Waals surface area contributed by atoms with Crippen LogP contribution in [-0.4, -0.2) is 24.0 Å². The summed E-state index contributed by atoms with van der Waals surface area (Å²) in [6.45, 7) is 12.0. The molecular weight excluding hydrogens is 404 g/mol. The van der Waals surface area contributed by atoms with Gasteiger partial charge in [0.1, 0.15) is 0 Å². The van der Waals surface area contributed by atoms with E-state index < -0.39 is 0 Å². The zero-order valence-electron chi connectivity index (χ0n) is 17.4. The molecule has 0 N–H and O–H groups in total. The van der Waals surface area contributed by atoms with Crippen LogP contribution in [0.5, 0.6) is 0 Å². The van der Waals surface area contributed by atoms with E-state index in [-0.39, 0.29) is 12.1 Å². The van der Waals surface area contributed by atoms with Crippen LogP contribution < -0.4 is 4.90 Å². The molecule has 31 heavy (non-hydrogen) atoms. The summed E-state index contributed by atoms with van der Waals surface area (Å²) in [6, 6.07) is 26.4. The largest absolute Gasteiger partial charge is 0.359 e. The number of benzene rings is 3. The minimum absolute atomic E-state index is 0.163. The van der Waals surface area contributed by atoms with Crippen LogP contribution in [-0.2, 0) is 6.54 Å². The number of piperazine rings is 1. The molecule has 4 nitrogen and oxygen atoms in total. The molecule has 0 saturated carbocycles. The fourth-order valence-corrected chi connectivity index (χ4v) is 4.46. The Labute approximate surface area is 188 Å². The predicted molar refractivity (Wildman–Crippen MR) is 125 cm³/mol. The Bertz CT molecular complexity index is 1110. The molecule has 0 spiro atoms. The summed E-state index contributed by atoms with van der Waals surface area (Å²) in [4.78, 5) is 8.40. The van der Waals surface area contributed by atoms with Crippen LogP contribution in [0.15, 0.2) is 72.8 Å². The van der Waals surface area contributed by atoms with Gasteiger partial charge in [-0.25, -0.2) is 4.85 Å². The van der Waals surface area contributed by atoms with Crippen LogP contribution in [0.2, 0.25) is 5.02 Å². The third kappa shape index (κ3) is 4.72. The van der Waals surface area contributed by atoms with E-state index in [1.54, 1.807) is 0 Å². The molecule has 1 unspecified atom stereocenters. The summed E-state index contributed by atoms with van der Waals surface area (Å²) in [7, 11) is 0. The Morgan fingerprint density at radius 1 is 1.00 bits per heavy atom. The van der Waals surface area contributed by atoms with Crippen molar-refractivity contribution in [1.82, 2.24) is 4.90 Å². The number of anilines is 1. The van der Waals surface area contributed by atoms with Crippen molar-refractivity contribution in [2.75, 3.05) is 18.0 Å². The van der Waals surface area contributed by atoms with Crippen LogP contribution in [0.4, 0.5) is 11.4 Å². The Morgan fingerprint density at radius 3 is 2.29 bits per heavy atom. The average molecular weight is 427 g/mol. The van der Waals surface area contributed by atoms with Crippen LogP contribution >= 0.6 is 11.6 Å². The lowest BCUT2D eigenvalue weighted by molar-refractivity contribution is 0.187. The van der Waals surface area contributed by atoms with Gasteiger partial charge in [0.25, 0.3) is 0 Å². The molecule has 3 aromatic carbocycles. The number of hydrogen-bond donors (Lipinski definition) is 0. The van der Waals surface area contributed by atoms with Gasteiger partial charge < -0.3 is 4.90 Å². The molecule has 0 aliphatic carbocycles. The summed E-state index contributed by atoms with van der Waals surface area (Å²) in [5.74, 6) is 0. The molecule has 1 aliphatic rings. The summed E-state index contributed by atoms with van der Waals surface area (Å²) >= 11 is 6.15. The maximum atomic E-state index is 9.16. The van der Waals surface area contributed by atoms with Gasteiger partial charge in [0.15, 0.2) is 5.69 Å². The van der Waals surface area contributed by atoms with E-state index in [4.69, 9.17) is 23.4 Å². The highest BCUT2D eigenvalue weighted by atomic mass is 35.5. The molecule has 4 rings (SSSR count). The van der Waals surface area contributed by atoms with Gasteiger partial charge >= 0.3 is 0 Å². The van der Waals surface area contributed by atoms with Crippen LogP contribution in [0.1, 0.15) is 29.7 Å². The Hall–Kier alpha value is -3.31. The zero-order chi connectivity index (χ0) is 21.8. The van der Waals surface area contributed by atoms with Crippen molar-refractivity contribution < 1.29 is 0 Å². The zero-order valence-corrected chi connectivity index (χ0v) is 18.1. The topological polar surface area (TPSA) is 34.6 Å². The van der Waals surface area contributed by atoms with Crippen molar-refractivity contribution in [1.29, 1.82) is 5.26 Å². The summed E-state index contributed by atoms with van der Waals surface area (Å²) in [5, 5.41) is 9.89. The highest BCUT2D eigenvalue weighted by Gasteiger charge is 2.33. The number of nitriles is 1. The van der Waals surface area contributed by atoms with Gasteiger partial charge in [-0.3, -0.25) is 4.90 Å². The molecule has 1 aliphatic heterocycles. The average Bonchev–Trinajstić information content (AvgIpc) is 2.80. The van der Waals surface area contributed by atoms with E-state index in [0.717, 1.165) is 30.3 Å². The monoisotopic (exact) mass is 426 g/mol. The minimum Gasteiger partial charge on any atom is -0.359 e. The second-order valence-electron chi connectivity index (χ2n) is 7.95. The van der Waals surface area contributed by atoms with Crippen LogP contribution in [0, 0.1) is 17.9 Å². The second-order valence-corrected chi connectivity index (χ2v) is 8.39. The van der Waals surface area contributed by atoms with Crippen molar-refractivity contribution in [2.24, 2.45) is 0 Å². The highest BCUT2D eigenvalue weighted by molar-refractivity contribution is 6.30. The van der Waals surface area contributed by atoms with E-state index in [0.29, 0.717) is 11.3 Å². The van der Waals surface area contributed by atoms with Gasteiger partial charge in [-0.15, -0.1) is 0 Å². The van der Waals surface area contributed by atoms with E-state index in [2.05, 4.69) is 39.8 Å². The molecule has 154 valence electrons. The molecule has 1 saturated heterocycles. The smallest absolute Gasteiger partial charge is 0.187 e. The fraction of sp³-hybridized carbons (Fsp3) is 0.231. The van der Waals surface area contributed by atoms with Crippen molar-refractivity contribution in [3.05, 3.63) is 106 Å². The van der Waals surface area contributed by atoms with Crippen molar-refractivity contribution in [2.45, 2.75) is 25.6 Å². The first-order valence-corrected chi connectivity index (χ1v) is 10.7. The van der Waals surface area contributed by atoms with E-state index in [1.165, 1.54) is 11.1 Å². The molecule has 3 aromatic rings. The second kappa shape index (κ2) is 9.23. The van der Waals surface area contributed by atoms with Crippen molar-refractivity contribution in [3.63, 3.8) is 0 Å². The van der Waals surface area contributed by atoms with Gasteiger partial charge in [0, 0.05) is 36.4 Å². The van der Waals surface area contributed by atoms with E-state index in [9.17, 15) is 0 Å². The van der Waals surface area contributed by atoms with Gasteiger partial charge in [-0.05, 0) is 54.4 Å². The van der Waals surface area contributed by atoms with Crippen LogP contribution in [0.25, 0.3) is 4.85 Å². The normalized spacial score (nSPS) is 18.9. The lowest BCUT2D eigenvalue weighted by atomic mass is 9.97. The van der Waals surface area contributed by atoms with Gasteiger partial charge in [-0.2, -0.15) is 5.26 Å². The van der Waals surface area contributed by atoms with E-state index >= 15 is 0 Å². The third-order valence-electron chi connectivity index (χ3n) is 5.79. The molecule has 2 atom stereocenters. The summed E-state index contributed by atoms with van der Waals surface area (Å²) in [5.41, 5.74) is 4.88. The summed E-state index contributed by atoms with van der Waals surface area (Å²) in [6.07, 6.45) is 0. The first kappa shape index (κ1) is 20.9. The van der Waals surface area contributed by atoms with Crippen molar-refractivity contribution >= 4 is 23.0 Å². The first-order chi connectivity index (χ1) is 15.1. The van der Waals surface area contributed by atoms with Crippen molar-refractivity contribution in [3.8, 4) is 6.07 Å². The number of rotatable bonds is 4. The molecule has 0 aromatic heterocycles. The Balaban J connectivity index is 1.63. The molecular formula is C26H23ClN4. The molecule has 0 amide bonds. The Kier molecular flexibility index (Phi) is 6.23. The van der Waals surface area contributed by atoms with Gasteiger partial charge in [-0.1, -0.05) is 48.0 Å². The maximum Gasteiger partial charge on any atom is 0.187 e. The molecule has 1 heterocycles. The molecule has 0 radical (unpaired) electrons. The van der Waals surface area contributed by atoms with Gasteiger partial charge in [0.05, 0.1) is 24.2 Å².